The lowest BCUT2D eigenvalue weighted by atomic mass is 9.68. The molecule has 0 spiro atoms. The van der Waals surface area contributed by atoms with E-state index in [1.54, 1.807) is 11.8 Å². The summed E-state index contributed by atoms with van der Waals surface area (Å²) in [5.74, 6) is -2.83. The molecule has 1 saturated heterocycles. The first-order valence-corrected chi connectivity index (χ1v) is 12.0. The molecule has 0 unspecified atom stereocenters. The van der Waals surface area contributed by atoms with Crippen LogP contribution in [0.15, 0.2) is 52.9 Å². The number of carbonyl (C=O) groups is 1. The minimum absolute atomic E-state index is 0.0563. The molecular formula is C27H24Cl2F2N2O3. The lowest BCUT2D eigenvalue weighted by Crippen LogP contribution is -2.45. The van der Waals surface area contributed by atoms with Crippen LogP contribution in [0.4, 0.5) is 8.78 Å². The summed E-state index contributed by atoms with van der Waals surface area (Å²) in [6.45, 7) is 5.55. The van der Waals surface area contributed by atoms with Crippen molar-refractivity contribution >= 4 is 29.2 Å². The summed E-state index contributed by atoms with van der Waals surface area (Å²) in [4.78, 5) is 14.3. The zero-order valence-electron chi connectivity index (χ0n) is 19.9. The van der Waals surface area contributed by atoms with Crippen molar-refractivity contribution in [2.45, 2.75) is 43.6 Å². The Kier molecular flexibility index (Phi) is 6.91. The summed E-state index contributed by atoms with van der Waals surface area (Å²) in [6.07, 6.45) is 0. The van der Waals surface area contributed by atoms with Crippen LogP contribution in [0.3, 0.4) is 0 Å². The number of rotatable bonds is 6. The Hall–Kier alpha value is -2.92. The fourth-order valence-corrected chi connectivity index (χ4v) is 5.64. The van der Waals surface area contributed by atoms with Gasteiger partial charge in [-0.15, -0.1) is 0 Å². The highest BCUT2D eigenvalue weighted by molar-refractivity contribution is 6.31. The van der Waals surface area contributed by atoms with Crippen LogP contribution in [0.25, 0.3) is 0 Å². The molecule has 0 bridgehead atoms. The van der Waals surface area contributed by atoms with Crippen molar-refractivity contribution in [1.29, 1.82) is 5.26 Å². The lowest BCUT2D eigenvalue weighted by Gasteiger charge is -2.32. The van der Waals surface area contributed by atoms with Gasteiger partial charge in [-0.05, 0) is 42.8 Å². The van der Waals surface area contributed by atoms with E-state index in [0.29, 0.717) is 11.5 Å². The normalized spacial score (nSPS) is 22.5. The summed E-state index contributed by atoms with van der Waals surface area (Å²) in [6, 6.07) is 12.5. The fraction of sp³-hybridized carbons (Fsp3) is 0.333. The molecule has 1 N–H and O–H groups in total. The van der Waals surface area contributed by atoms with Crippen molar-refractivity contribution in [3.05, 3.63) is 92.9 Å². The number of halogens is 4. The van der Waals surface area contributed by atoms with Crippen molar-refractivity contribution in [2.75, 3.05) is 13.1 Å². The van der Waals surface area contributed by atoms with Crippen LogP contribution in [0, 0.1) is 29.9 Å². The van der Waals surface area contributed by atoms with Crippen molar-refractivity contribution in [1.82, 2.24) is 4.90 Å². The van der Waals surface area contributed by atoms with E-state index in [1.807, 2.05) is 26.0 Å². The first-order valence-electron chi connectivity index (χ1n) is 11.3. The van der Waals surface area contributed by atoms with Gasteiger partial charge in [-0.2, -0.15) is 5.26 Å². The van der Waals surface area contributed by atoms with Crippen LogP contribution < -0.4 is 0 Å². The van der Waals surface area contributed by atoms with Gasteiger partial charge >= 0.3 is 5.97 Å². The molecule has 2 heterocycles. The van der Waals surface area contributed by atoms with Gasteiger partial charge < -0.3 is 9.52 Å². The van der Waals surface area contributed by atoms with Crippen molar-refractivity contribution < 1.29 is 23.1 Å². The number of carboxylic acids is 1. The number of likely N-dealkylation sites (tertiary alicyclic amines) is 1. The summed E-state index contributed by atoms with van der Waals surface area (Å²) in [5, 5.41) is 20.8. The van der Waals surface area contributed by atoms with Crippen LogP contribution in [0.5, 0.6) is 0 Å². The van der Waals surface area contributed by atoms with Gasteiger partial charge in [0.15, 0.2) is 0 Å². The molecule has 5 nitrogen and oxygen atoms in total. The third-order valence-electron chi connectivity index (χ3n) is 6.88. The SMILES string of the molecule is Cc1ccc(C(C)(C)CN2C[C@](C#N)(c3ccc(Cl)cc3F)[C@@H](c3cccc(Cl)c3F)[C@@H]2C(=O)O)o1. The predicted octanol–water partition coefficient (Wildman–Crippen LogP) is 6.46. The van der Waals surface area contributed by atoms with Crippen molar-refractivity contribution in [2.24, 2.45) is 0 Å². The third-order valence-corrected chi connectivity index (χ3v) is 7.41. The molecule has 1 aliphatic rings. The van der Waals surface area contributed by atoms with Crippen LogP contribution >= 0.6 is 23.2 Å². The Balaban J connectivity index is 1.94. The van der Waals surface area contributed by atoms with Gasteiger partial charge in [0.05, 0.1) is 11.1 Å². The molecule has 3 aromatic rings. The molecule has 3 atom stereocenters. The Labute approximate surface area is 217 Å². The molecule has 0 amide bonds. The molecule has 4 rings (SSSR count). The van der Waals surface area contributed by atoms with Crippen LogP contribution in [-0.4, -0.2) is 35.1 Å². The molecule has 188 valence electrons. The number of aliphatic carboxylic acids is 1. The highest BCUT2D eigenvalue weighted by atomic mass is 35.5. The van der Waals surface area contributed by atoms with E-state index in [4.69, 9.17) is 27.6 Å². The molecule has 1 fully saturated rings. The highest BCUT2D eigenvalue weighted by Gasteiger charge is 2.59. The van der Waals surface area contributed by atoms with Crippen molar-refractivity contribution in [3.8, 4) is 6.07 Å². The second kappa shape index (κ2) is 9.51. The number of furan rings is 1. The monoisotopic (exact) mass is 532 g/mol. The fourth-order valence-electron chi connectivity index (χ4n) is 5.30. The van der Waals surface area contributed by atoms with E-state index in [9.17, 15) is 15.2 Å². The first kappa shape index (κ1) is 26.2. The first-order chi connectivity index (χ1) is 16.9. The summed E-state index contributed by atoms with van der Waals surface area (Å²) in [7, 11) is 0. The summed E-state index contributed by atoms with van der Waals surface area (Å²) < 4.78 is 36.5. The topological polar surface area (TPSA) is 77.5 Å². The second-order valence-corrected chi connectivity index (χ2v) is 10.7. The van der Waals surface area contributed by atoms with Crippen LogP contribution in [0.2, 0.25) is 10.0 Å². The van der Waals surface area contributed by atoms with Gasteiger partial charge in [0.2, 0.25) is 0 Å². The molecular weight excluding hydrogens is 509 g/mol. The standard InChI is InChI=1S/C27H24Cl2F2N2O3/c1-15-7-10-21(36-15)26(2,3)13-33-14-27(12-32,18-9-8-16(28)11-20(18)30)22(24(33)25(34)35)17-5-4-6-19(29)23(17)31/h4-11,22,24H,13-14H2,1-3H3,(H,34,35)/t22-,24+,27+/m0/s1. The van der Waals surface area contributed by atoms with Gasteiger partial charge in [-0.1, -0.05) is 55.2 Å². The molecule has 0 saturated carbocycles. The molecule has 36 heavy (non-hydrogen) atoms. The largest absolute Gasteiger partial charge is 0.480 e. The van der Waals surface area contributed by atoms with E-state index in [1.165, 1.54) is 30.3 Å². The highest BCUT2D eigenvalue weighted by Crippen LogP contribution is 2.51. The van der Waals surface area contributed by atoms with Crippen LogP contribution in [-0.2, 0) is 15.6 Å². The zero-order chi connectivity index (χ0) is 26.4. The number of aryl methyl sites for hydroxylation is 1. The van der Waals surface area contributed by atoms with Gasteiger partial charge in [0.25, 0.3) is 0 Å². The minimum Gasteiger partial charge on any atom is -0.480 e. The Bertz CT molecular complexity index is 1370. The lowest BCUT2D eigenvalue weighted by molar-refractivity contribution is -0.143. The van der Waals surface area contributed by atoms with Gasteiger partial charge in [0.1, 0.15) is 34.6 Å². The van der Waals surface area contributed by atoms with Crippen molar-refractivity contribution in [3.63, 3.8) is 0 Å². The predicted molar refractivity (Wildman–Crippen MR) is 132 cm³/mol. The molecule has 1 aliphatic heterocycles. The molecule has 1 aromatic heterocycles. The van der Waals surface area contributed by atoms with E-state index < -0.39 is 40.4 Å². The average Bonchev–Trinajstić information content (AvgIpc) is 3.38. The molecule has 0 aliphatic carbocycles. The zero-order valence-corrected chi connectivity index (χ0v) is 21.4. The Morgan fingerprint density at radius 3 is 2.56 bits per heavy atom. The van der Waals surface area contributed by atoms with Gasteiger partial charge in [0, 0.05) is 35.0 Å². The number of nitriles is 1. The maximum Gasteiger partial charge on any atom is 0.321 e. The van der Waals surface area contributed by atoms with Gasteiger partial charge in [-0.25, -0.2) is 8.78 Å². The molecule has 2 aromatic carbocycles. The minimum atomic E-state index is -1.75. The van der Waals surface area contributed by atoms with E-state index in [0.717, 1.165) is 6.07 Å². The van der Waals surface area contributed by atoms with E-state index >= 15 is 8.78 Å². The summed E-state index contributed by atoms with van der Waals surface area (Å²) in [5.41, 5.74) is -2.55. The Morgan fingerprint density at radius 2 is 1.97 bits per heavy atom. The maximum atomic E-state index is 15.4. The maximum absolute atomic E-state index is 15.4. The number of hydrogen-bond donors (Lipinski definition) is 1. The van der Waals surface area contributed by atoms with Crippen LogP contribution in [0.1, 0.15) is 42.4 Å². The number of nitrogens with zero attached hydrogens (tertiary/aromatic N) is 2. The summed E-state index contributed by atoms with van der Waals surface area (Å²) >= 11 is 12.0. The quantitative estimate of drug-likeness (QED) is 0.393. The smallest absolute Gasteiger partial charge is 0.321 e. The molecule has 0 radical (unpaired) electrons. The van der Waals surface area contributed by atoms with E-state index in [-0.39, 0.29) is 34.3 Å². The number of carboxylic acid groups (broad SMARTS) is 1. The Morgan fingerprint density at radius 1 is 1.25 bits per heavy atom. The second-order valence-electron chi connectivity index (χ2n) is 9.81. The van der Waals surface area contributed by atoms with Gasteiger partial charge in [-0.3, -0.25) is 9.69 Å². The average molecular weight is 533 g/mol. The third kappa shape index (κ3) is 4.39. The number of hydrogen-bond acceptors (Lipinski definition) is 4. The molecule has 9 heteroatoms. The van der Waals surface area contributed by atoms with E-state index in [2.05, 4.69) is 6.07 Å². The number of benzene rings is 2.